The Labute approximate surface area is 191 Å². The average Bonchev–Trinajstić information content (AvgIpc) is 3.18. The highest BCUT2D eigenvalue weighted by molar-refractivity contribution is 6.33. The SMILES string of the molecule is CNC(=O)c1c(C(C)=O)nn2c(-c3ccc(C(F)(F)F)cc3)c(-c3ccccc3Cl)cnc12. The van der Waals surface area contributed by atoms with Gasteiger partial charge in [0.15, 0.2) is 11.4 Å². The molecule has 1 N–H and O–H groups in total. The Morgan fingerprint density at radius 1 is 1.03 bits per heavy atom. The zero-order valence-electron chi connectivity index (χ0n) is 17.4. The normalized spacial score (nSPS) is 11.6. The molecular formula is C23H16ClF3N4O2. The molecule has 0 bridgehead atoms. The van der Waals surface area contributed by atoms with Crippen molar-refractivity contribution < 1.29 is 22.8 Å². The monoisotopic (exact) mass is 472 g/mol. The number of rotatable bonds is 4. The third kappa shape index (κ3) is 3.95. The molecule has 33 heavy (non-hydrogen) atoms. The maximum Gasteiger partial charge on any atom is 0.416 e. The molecule has 0 saturated heterocycles. The Morgan fingerprint density at radius 3 is 2.27 bits per heavy atom. The van der Waals surface area contributed by atoms with Gasteiger partial charge in [-0.05, 0) is 18.2 Å². The molecule has 0 aliphatic carbocycles. The van der Waals surface area contributed by atoms with Crippen LogP contribution in [0.4, 0.5) is 13.2 Å². The molecule has 0 spiro atoms. The number of nitrogens with zero attached hydrogens (tertiary/aromatic N) is 3. The second-order valence-electron chi connectivity index (χ2n) is 7.17. The van der Waals surface area contributed by atoms with Crippen LogP contribution < -0.4 is 5.32 Å². The summed E-state index contributed by atoms with van der Waals surface area (Å²) >= 11 is 6.39. The van der Waals surface area contributed by atoms with E-state index >= 15 is 0 Å². The van der Waals surface area contributed by atoms with Crippen molar-refractivity contribution in [1.29, 1.82) is 0 Å². The Hall–Kier alpha value is -3.72. The maximum atomic E-state index is 13.1. The lowest BCUT2D eigenvalue weighted by Gasteiger charge is -2.14. The molecule has 0 aliphatic heterocycles. The number of hydrogen-bond acceptors (Lipinski definition) is 4. The lowest BCUT2D eigenvalue weighted by atomic mass is 9.99. The predicted molar refractivity (Wildman–Crippen MR) is 117 cm³/mol. The summed E-state index contributed by atoms with van der Waals surface area (Å²) in [6, 6.07) is 11.4. The third-order valence-corrected chi connectivity index (χ3v) is 5.41. The van der Waals surface area contributed by atoms with Crippen molar-refractivity contribution in [2.75, 3.05) is 7.05 Å². The fourth-order valence-electron chi connectivity index (χ4n) is 3.54. The van der Waals surface area contributed by atoms with E-state index in [0.717, 1.165) is 12.1 Å². The number of carbonyl (C=O) groups excluding carboxylic acids is 2. The van der Waals surface area contributed by atoms with E-state index in [2.05, 4.69) is 15.4 Å². The number of ketones is 1. The van der Waals surface area contributed by atoms with Crippen LogP contribution in [0.3, 0.4) is 0 Å². The smallest absolute Gasteiger partial charge is 0.355 e. The van der Waals surface area contributed by atoms with Gasteiger partial charge in [-0.25, -0.2) is 9.50 Å². The van der Waals surface area contributed by atoms with Crippen molar-refractivity contribution in [3.8, 4) is 22.4 Å². The van der Waals surface area contributed by atoms with E-state index in [9.17, 15) is 22.8 Å². The third-order valence-electron chi connectivity index (χ3n) is 5.08. The molecular weight excluding hydrogens is 457 g/mol. The number of fused-ring (bicyclic) bond motifs is 1. The summed E-state index contributed by atoms with van der Waals surface area (Å²) in [5.74, 6) is -1.02. The van der Waals surface area contributed by atoms with Gasteiger partial charge in [-0.1, -0.05) is 41.9 Å². The predicted octanol–water partition coefficient (Wildman–Crippen LogP) is 5.30. The standard InChI is InChI=1S/C23H16ClF3N4O2/c1-12(32)19-18(22(33)28-2)21-29-11-16(15-5-3-4-6-17(15)24)20(31(21)30-19)13-7-9-14(10-8-13)23(25,26)27/h3-11H,1-2H3,(H,28,33). The van der Waals surface area contributed by atoms with Crippen molar-refractivity contribution in [1.82, 2.24) is 19.9 Å². The molecule has 0 atom stereocenters. The van der Waals surface area contributed by atoms with Gasteiger partial charge in [0.2, 0.25) is 0 Å². The van der Waals surface area contributed by atoms with Gasteiger partial charge in [-0.15, -0.1) is 0 Å². The van der Waals surface area contributed by atoms with E-state index in [4.69, 9.17) is 11.6 Å². The molecule has 2 aromatic carbocycles. The Morgan fingerprint density at radius 2 is 1.70 bits per heavy atom. The van der Waals surface area contributed by atoms with Gasteiger partial charge in [0.25, 0.3) is 5.91 Å². The number of carbonyl (C=O) groups is 2. The topological polar surface area (TPSA) is 76.4 Å². The molecule has 0 fully saturated rings. The van der Waals surface area contributed by atoms with Crippen molar-refractivity contribution in [2.45, 2.75) is 13.1 Å². The molecule has 0 saturated carbocycles. The van der Waals surface area contributed by atoms with Crippen molar-refractivity contribution in [3.05, 3.63) is 76.6 Å². The number of alkyl halides is 3. The van der Waals surface area contributed by atoms with E-state index in [1.807, 2.05) is 0 Å². The van der Waals surface area contributed by atoms with Gasteiger partial charge in [-0.2, -0.15) is 18.3 Å². The number of aromatic nitrogens is 3. The van der Waals surface area contributed by atoms with Gasteiger partial charge in [-0.3, -0.25) is 9.59 Å². The molecule has 10 heteroatoms. The Bertz CT molecular complexity index is 1400. The molecule has 0 unspecified atom stereocenters. The van der Waals surface area contributed by atoms with Crippen molar-refractivity contribution >= 4 is 28.9 Å². The van der Waals surface area contributed by atoms with Crippen molar-refractivity contribution in [2.24, 2.45) is 0 Å². The Balaban J connectivity index is 2.10. The number of Topliss-reactive ketones (excluding diaryl/α,β-unsaturated/α-hetero) is 1. The van der Waals surface area contributed by atoms with Gasteiger partial charge in [0.05, 0.1) is 11.3 Å². The average molecular weight is 473 g/mol. The molecule has 2 heterocycles. The van der Waals surface area contributed by atoms with Crippen LogP contribution in [0.5, 0.6) is 0 Å². The molecule has 2 aromatic heterocycles. The molecule has 6 nitrogen and oxygen atoms in total. The highest BCUT2D eigenvalue weighted by Crippen LogP contribution is 2.38. The van der Waals surface area contributed by atoms with Gasteiger partial charge in [0, 0.05) is 41.9 Å². The van der Waals surface area contributed by atoms with E-state index in [1.165, 1.54) is 36.8 Å². The molecule has 0 aliphatic rings. The van der Waals surface area contributed by atoms with Crippen LogP contribution in [0.1, 0.15) is 33.3 Å². The zero-order chi connectivity index (χ0) is 23.9. The van der Waals surface area contributed by atoms with Crippen LogP contribution in [0.2, 0.25) is 5.02 Å². The van der Waals surface area contributed by atoms with Gasteiger partial charge >= 0.3 is 6.18 Å². The second kappa shape index (κ2) is 8.32. The van der Waals surface area contributed by atoms with Crippen LogP contribution in [0, 0.1) is 0 Å². The lowest BCUT2D eigenvalue weighted by Crippen LogP contribution is -2.20. The minimum Gasteiger partial charge on any atom is -0.355 e. The number of benzene rings is 2. The summed E-state index contributed by atoms with van der Waals surface area (Å²) < 4.78 is 40.6. The first-order valence-electron chi connectivity index (χ1n) is 9.70. The summed E-state index contributed by atoms with van der Waals surface area (Å²) in [5, 5.41) is 7.17. The van der Waals surface area contributed by atoms with E-state index < -0.39 is 23.4 Å². The fraction of sp³-hybridized carbons (Fsp3) is 0.130. The van der Waals surface area contributed by atoms with E-state index in [0.29, 0.717) is 27.4 Å². The summed E-state index contributed by atoms with van der Waals surface area (Å²) in [6.07, 6.45) is -3.04. The second-order valence-corrected chi connectivity index (χ2v) is 7.58. The summed E-state index contributed by atoms with van der Waals surface area (Å²) in [7, 11) is 1.41. The molecule has 0 radical (unpaired) electrons. The highest BCUT2D eigenvalue weighted by atomic mass is 35.5. The highest BCUT2D eigenvalue weighted by Gasteiger charge is 2.31. The van der Waals surface area contributed by atoms with Crippen LogP contribution in [0.25, 0.3) is 28.0 Å². The minimum atomic E-state index is -4.50. The van der Waals surface area contributed by atoms with Crippen LogP contribution in [0.15, 0.2) is 54.7 Å². The molecule has 168 valence electrons. The van der Waals surface area contributed by atoms with Crippen molar-refractivity contribution in [3.63, 3.8) is 0 Å². The molecule has 4 aromatic rings. The Kier molecular flexibility index (Phi) is 5.67. The van der Waals surface area contributed by atoms with Gasteiger partial charge in [0.1, 0.15) is 11.3 Å². The minimum absolute atomic E-state index is 0.0242. The first-order chi connectivity index (χ1) is 15.6. The summed E-state index contributed by atoms with van der Waals surface area (Å²) in [4.78, 5) is 29.1. The van der Waals surface area contributed by atoms with Crippen LogP contribution >= 0.6 is 11.6 Å². The maximum absolute atomic E-state index is 13.1. The largest absolute Gasteiger partial charge is 0.416 e. The van der Waals surface area contributed by atoms with Gasteiger partial charge < -0.3 is 5.32 Å². The number of hydrogen-bond donors (Lipinski definition) is 1. The fourth-order valence-corrected chi connectivity index (χ4v) is 3.77. The quantitative estimate of drug-likeness (QED) is 0.409. The van der Waals surface area contributed by atoms with E-state index in [1.54, 1.807) is 24.3 Å². The number of amides is 1. The van der Waals surface area contributed by atoms with Crippen LogP contribution in [-0.4, -0.2) is 33.3 Å². The first kappa shape index (κ1) is 22.5. The summed E-state index contributed by atoms with van der Waals surface area (Å²) in [5.41, 5.74) is 0.872. The zero-order valence-corrected chi connectivity index (χ0v) is 18.1. The number of halogens is 4. The first-order valence-corrected chi connectivity index (χ1v) is 10.1. The summed E-state index contributed by atoms with van der Waals surface area (Å²) in [6.45, 7) is 1.26. The lowest BCUT2D eigenvalue weighted by molar-refractivity contribution is -0.137. The molecule has 4 rings (SSSR count). The van der Waals surface area contributed by atoms with E-state index in [-0.39, 0.29) is 16.9 Å². The molecule has 1 amide bonds. The number of nitrogens with one attached hydrogen (secondary N) is 1. The van der Waals surface area contributed by atoms with Crippen LogP contribution in [-0.2, 0) is 6.18 Å².